The summed E-state index contributed by atoms with van der Waals surface area (Å²) in [7, 11) is 0. The highest BCUT2D eigenvalue weighted by molar-refractivity contribution is 7.19. The lowest BCUT2D eigenvalue weighted by Gasteiger charge is -2.04. The van der Waals surface area contributed by atoms with Crippen molar-refractivity contribution in [2.75, 3.05) is 0 Å². The molecule has 0 unspecified atom stereocenters. The molecule has 0 saturated heterocycles. The lowest BCUT2D eigenvalue weighted by molar-refractivity contribution is 0.0950. The van der Waals surface area contributed by atoms with Gasteiger partial charge < -0.3 is 0 Å². The Kier molecular flexibility index (Phi) is 3.42. The van der Waals surface area contributed by atoms with Crippen LogP contribution in [0.1, 0.15) is 16.1 Å². The van der Waals surface area contributed by atoms with E-state index in [4.69, 9.17) is 17.4 Å². The van der Waals surface area contributed by atoms with E-state index < -0.39 is 5.91 Å². The van der Waals surface area contributed by atoms with Gasteiger partial charge in [0.05, 0.1) is 4.88 Å². The highest BCUT2D eigenvalue weighted by atomic mass is 35.5. The molecule has 0 aliphatic rings. The largest absolute Gasteiger partial charge is 0.289 e. The number of amides is 1. The zero-order valence-electron chi connectivity index (χ0n) is 9.03. The predicted octanol–water partition coefficient (Wildman–Crippen LogP) is 2.38. The summed E-state index contributed by atoms with van der Waals surface area (Å²) in [6.45, 7) is 1.97. The van der Waals surface area contributed by atoms with Crippen LogP contribution in [0.5, 0.6) is 0 Å². The number of hydrazine groups is 1. The minimum Gasteiger partial charge on any atom is -0.289 e. The number of carbonyl (C=O) groups is 1. The first-order chi connectivity index (χ1) is 8.13. The summed E-state index contributed by atoms with van der Waals surface area (Å²) < 4.78 is 0.321. The van der Waals surface area contributed by atoms with Crippen LogP contribution in [-0.2, 0) is 0 Å². The molecule has 0 spiro atoms. The number of hydrogen-bond acceptors (Lipinski definition) is 4. The summed E-state index contributed by atoms with van der Waals surface area (Å²) in [6, 6.07) is 7.73. The molecule has 1 amide bonds. The number of nitrogens with two attached hydrogens (primary N) is 1. The first kappa shape index (κ1) is 12.0. The number of nitrogen functional groups attached to an aromatic ring is 1. The average molecular weight is 268 g/mol. The van der Waals surface area contributed by atoms with Crippen molar-refractivity contribution in [3.63, 3.8) is 0 Å². The van der Waals surface area contributed by atoms with E-state index in [1.807, 2.05) is 31.2 Å². The molecule has 2 aromatic rings. The zero-order valence-corrected chi connectivity index (χ0v) is 10.6. The molecule has 1 heterocycles. The van der Waals surface area contributed by atoms with Gasteiger partial charge in [-0.3, -0.25) is 10.2 Å². The number of thiazole rings is 1. The average Bonchev–Trinajstić information content (AvgIpc) is 2.71. The monoisotopic (exact) mass is 267 g/mol. The molecule has 1 aromatic carbocycles. The number of benzene rings is 1. The number of aryl methyl sites for hydroxylation is 1. The van der Waals surface area contributed by atoms with Gasteiger partial charge in [0.1, 0.15) is 5.69 Å². The Morgan fingerprint density at radius 3 is 2.82 bits per heavy atom. The second kappa shape index (κ2) is 4.83. The van der Waals surface area contributed by atoms with Crippen LogP contribution in [0.15, 0.2) is 24.3 Å². The van der Waals surface area contributed by atoms with Crippen molar-refractivity contribution in [2.45, 2.75) is 6.92 Å². The van der Waals surface area contributed by atoms with Crippen molar-refractivity contribution in [1.82, 2.24) is 10.4 Å². The molecule has 88 valence electrons. The quantitative estimate of drug-likeness (QED) is 0.499. The van der Waals surface area contributed by atoms with Crippen LogP contribution >= 0.6 is 22.9 Å². The van der Waals surface area contributed by atoms with Crippen molar-refractivity contribution in [3.8, 4) is 10.4 Å². The van der Waals surface area contributed by atoms with E-state index in [2.05, 4.69) is 10.4 Å². The Morgan fingerprint density at radius 1 is 1.47 bits per heavy atom. The van der Waals surface area contributed by atoms with Gasteiger partial charge in [0.15, 0.2) is 4.47 Å². The van der Waals surface area contributed by atoms with Gasteiger partial charge in [0.2, 0.25) is 0 Å². The Morgan fingerprint density at radius 2 is 2.18 bits per heavy atom. The molecule has 0 bridgehead atoms. The molecule has 0 radical (unpaired) electrons. The van der Waals surface area contributed by atoms with Crippen LogP contribution in [0.4, 0.5) is 0 Å². The molecule has 0 fully saturated rings. The Labute approximate surface area is 107 Å². The van der Waals surface area contributed by atoms with E-state index >= 15 is 0 Å². The van der Waals surface area contributed by atoms with Crippen LogP contribution in [0.2, 0.25) is 4.47 Å². The minimum atomic E-state index is -0.439. The van der Waals surface area contributed by atoms with E-state index in [0.717, 1.165) is 16.0 Å². The van der Waals surface area contributed by atoms with Crippen molar-refractivity contribution in [3.05, 3.63) is 40.0 Å². The topological polar surface area (TPSA) is 68.0 Å². The normalized spacial score (nSPS) is 10.3. The number of aromatic nitrogens is 1. The Hall–Kier alpha value is -1.43. The minimum absolute atomic E-state index is 0.261. The molecule has 17 heavy (non-hydrogen) atoms. The standard InChI is InChI=1S/C11H10ClN3OS/c1-6-4-2-3-5-7(6)9-8(10(16)15-13)14-11(12)17-9/h2-5H,13H2,1H3,(H,15,16). The molecule has 4 nitrogen and oxygen atoms in total. The molecule has 0 aliphatic carbocycles. The number of nitrogens with one attached hydrogen (secondary N) is 1. The van der Waals surface area contributed by atoms with Gasteiger partial charge in [-0.2, -0.15) is 0 Å². The van der Waals surface area contributed by atoms with Gasteiger partial charge in [0.25, 0.3) is 5.91 Å². The number of rotatable bonds is 2. The Balaban J connectivity index is 2.60. The van der Waals surface area contributed by atoms with Gasteiger partial charge in [-0.25, -0.2) is 10.8 Å². The lowest BCUT2D eigenvalue weighted by Crippen LogP contribution is -2.30. The molecule has 1 aromatic heterocycles. The highest BCUT2D eigenvalue weighted by Crippen LogP contribution is 2.34. The fraction of sp³-hybridized carbons (Fsp3) is 0.0909. The highest BCUT2D eigenvalue weighted by Gasteiger charge is 2.19. The van der Waals surface area contributed by atoms with Gasteiger partial charge in [-0.05, 0) is 18.1 Å². The van der Waals surface area contributed by atoms with Crippen LogP contribution < -0.4 is 11.3 Å². The summed E-state index contributed by atoms with van der Waals surface area (Å²) in [5, 5.41) is 0. The molecule has 0 aliphatic heterocycles. The number of hydrogen-bond donors (Lipinski definition) is 2. The molecular formula is C11H10ClN3OS. The summed E-state index contributed by atoms with van der Waals surface area (Å²) in [6.07, 6.45) is 0. The van der Waals surface area contributed by atoms with E-state index in [1.54, 1.807) is 0 Å². The van der Waals surface area contributed by atoms with Crippen molar-refractivity contribution < 1.29 is 4.79 Å². The maximum absolute atomic E-state index is 11.6. The SMILES string of the molecule is Cc1ccccc1-c1sc(Cl)nc1C(=O)NN. The second-order valence-electron chi connectivity index (χ2n) is 3.43. The number of nitrogens with zero attached hydrogens (tertiary/aromatic N) is 1. The van der Waals surface area contributed by atoms with Gasteiger partial charge >= 0.3 is 0 Å². The van der Waals surface area contributed by atoms with Crippen molar-refractivity contribution >= 4 is 28.8 Å². The Bertz CT molecular complexity index is 568. The predicted molar refractivity (Wildman–Crippen MR) is 69.0 cm³/mol. The van der Waals surface area contributed by atoms with E-state index in [-0.39, 0.29) is 5.69 Å². The first-order valence-electron chi connectivity index (χ1n) is 4.86. The van der Waals surface area contributed by atoms with Gasteiger partial charge in [-0.1, -0.05) is 35.9 Å². The van der Waals surface area contributed by atoms with Crippen LogP contribution in [0.25, 0.3) is 10.4 Å². The molecular weight excluding hydrogens is 258 g/mol. The fourth-order valence-electron chi connectivity index (χ4n) is 1.53. The van der Waals surface area contributed by atoms with Crippen LogP contribution in [0, 0.1) is 6.92 Å². The van der Waals surface area contributed by atoms with Gasteiger partial charge in [0, 0.05) is 0 Å². The lowest BCUT2D eigenvalue weighted by atomic mass is 10.1. The van der Waals surface area contributed by atoms with Crippen LogP contribution in [0.3, 0.4) is 0 Å². The first-order valence-corrected chi connectivity index (χ1v) is 6.06. The third-order valence-corrected chi connectivity index (χ3v) is 3.53. The molecule has 2 rings (SSSR count). The summed E-state index contributed by atoms with van der Waals surface area (Å²) in [5.41, 5.74) is 4.33. The maximum Gasteiger partial charge on any atom is 0.285 e. The maximum atomic E-state index is 11.6. The van der Waals surface area contributed by atoms with E-state index in [1.165, 1.54) is 11.3 Å². The third-order valence-electron chi connectivity index (χ3n) is 2.34. The second-order valence-corrected chi connectivity index (χ2v) is 5.01. The van der Waals surface area contributed by atoms with Crippen molar-refractivity contribution in [2.24, 2.45) is 5.84 Å². The molecule has 3 N–H and O–H groups in total. The molecule has 6 heteroatoms. The number of carbonyl (C=O) groups excluding carboxylic acids is 1. The van der Waals surface area contributed by atoms with E-state index in [0.29, 0.717) is 4.47 Å². The smallest absolute Gasteiger partial charge is 0.285 e. The zero-order chi connectivity index (χ0) is 12.4. The molecule has 0 atom stereocenters. The fourth-order valence-corrected chi connectivity index (χ4v) is 2.72. The van der Waals surface area contributed by atoms with E-state index in [9.17, 15) is 4.79 Å². The molecule has 0 saturated carbocycles. The summed E-state index contributed by atoms with van der Waals surface area (Å²) >= 11 is 7.12. The summed E-state index contributed by atoms with van der Waals surface area (Å²) in [4.78, 5) is 16.3. The van der Waals surface area contributed by atoms with Crippen LogP contribution in [-0.4, -0.2) is 10.9 Å². The third kappa shape index (κ3) is 2.31. The number of halogens is 1. The summed E-state index contributed by atoms with van der Waals surface area (Å²) in [5.74, 6) is 4.68. The van der Waals surface area contributed by atoms with Gasteiger partial charge in [-0.15, -0.1) is 11.3 Å². The van der Waals surface area contributed by atoms with Crippen molar-refractivity contribution in [1.29, 1.82) is 0 Å².